The monoisotopic (exact) mass is 455 g/mol. The molecule has 10 heteroatoms. The molecule has 0 saturated carbocycles. The quantitative estimate of drug-likeness (QED) is 0.538. The van der Waals surface area contributed by atoms with Gasteiger partial charge in [-0.05, 0) is 48.9 Å². The van der Waals surface area contributed by atoms with E-state index in [2.05, 4.69) is 10.0 Å². The summed E-state index contributed by atoms with van der Waals surface area (Å²) in [6, 6.07) is 10.4. The van der Waals surface area contributed by atoms with Crippen LogP contribution in [0.1, 0.15) is 27.2 Å². The van der Waals surface area contributed by atoms with E-state index in [1.54, 1.807) is 32.0 Å². The summed E-state index contributed by atoms with van der Waals surface area (Å²) in [6.07, 6.45) is 0.824. The summed E-state index contributed by atoms with van der Waals surface area (Å²) in [7, 11) is -6.17. The van der Waals surface area contributed by atoms with Crippen LogP contribution in [0.3, 0.4) is 0 Å². The second-order valence-electron chi connectivity index (χ2n) is 6.50. The summed E-state index contributed by atoms with van der Waals surface area (Å²) < 4.78 is 60.5. The van der Waals surface area contributed by atoms with E-state index in [9.17, 15) is 16.8 Å². The molecule has 2 rings (SSSR count). The predicted molar refractivity (Wildman–Crippen MR) is 119 cm³/mol. The molecule has 0 atom stereocenters. The molecule has 0 spiro atoms. The average molecular weight is 456 g/mol. The lowest BCUT2D eigenvalue weighted by molar-refractivity contribution is 0.414. The highest BCUT2D eigenvalue weighted by atomic mass is 32.2. The van der Waals surface area contributed by atoms with Crippen LogP contribution in [0.25, 0.3) is 0 Å². The van der Waals surface area contributed by atoms with Crippen LogP contribution >= 0.6 is 0 Å². The van der Waals surface area contributed by atoms with Crippen LogP contribution in [0.5, 0.6) is 5.75 Å². The summed E-state index contributed by atoms with van der Waals surface area (Å²) >= 11 is 0. The third-order valence-electron chi connectivity index (χ3n) is 4.51. The van der Waals surface area contributed by atoms with Gasteiger partial charge in [-0.15, -0.1) is 0 Å². The molecule has 0 aliphatic rings. The Morgan fingerprint density at radius 2 is 1.47 bits per heavy atom. The summed E-state index contributed by atoms with van der Waals surface area (Å²) in [5, 5.41) is 3.14. The van der Waals surface area contributed by atoms with Crippen molar-refractivity contribution in [2.75, 3.05) is 36.8 Å². The lowest BCUT2D eigenvalue weighted by Gasteiger charge is -2.20. The van der Waals surface area contributed by atoms with Crippen LogP contribution in [-0.2, 0) is 20.0 Å². The van der Waals surface area contributed by atoms with Crippen LogP contribution in [0, 0.1) is 0 Å². The van der Waals surface area contributed by atoms with E-state index in [0.29, 0.717) is 31.1 Å². The number of ether oxygens (including phenoxy) is 1. The molecule has 2 aromatic rings. The SMILES string of the molecule is CCCNc1ccc(S(=O)(=O)N(CC)CC)cc1NS(=O)(=O)c1ccc(OC)cc1. The van der Waals surface area contributed by atoms with E-state index in [-0.39, 0.29) is 15.5 Å². The van der Waals surface area contributed by atoms with Crippen molar-refractivity contribution in [3.8, 4) is 5.75 Å². The van der Waals surface area contributed by atoms with Gasteiger partial charge in [-0.3, -0.25) is 4.72 Å². The first-order chi connectivity index (χ1) is 14.2. The van der Waals surface area contributed by atoms with Crippen LogP contribution < -0.4 is 14.8 Å². The lowest BCUT2D eigenvalue weighted by Crippen LogP contribution is -2.30. The lowest BCUT2D eigenvalue weighted by atomic mass is 10.2. The second-order valence-corrected chi connectivity index (χ2v) is 10.1. The normalized spacial score (nSPS) is 12.0. The number of benzene rings is 2. The molecule has 2 N–H and O–H groups in total. The smallest absolute Gasteiger partial charge is 0.261 e. The van der Waals surface area contributed by atoms with Crippen molar-refractivity contribution < 1.29 is 21.6 Å². The van der Waals surface area contributed by atoms with E-state index < -0.39 is 20.0 Å². The Morgan fingerprint density at radius 1 is 0.867 bits per heavy atom. The predicted octanol–water partition coefficient (Wildman–Crippen LogP) is 3.35. The zero-order chi connectivity index (χ0) is 22.4. The second kappa shape index (κ2) is 10.1. The highest BCUT2D eigenvalue weighted by Crippen LogP contribution is 2.30. The molecule has 0 aliphatic heterocycles. The topological polar surface area (TPSA) is 105 Å². The number of hydrogen-bond acceptors (Lipinski definition) is 6. The van der Waals surface area contributed by atoms with Gasteiger partial charge in [-0.25, -0.2) is 16.8 Å². The van der Waals surface area contributed by atoms with Gasteiger partial charge in [-0.2, -0.15) is 4.31 Å². The van der Waals surface area contributed by atoms with Crippen molar-refractivity contribution in [1.82, 2.24) is 4.31 Å². The molecule has 0 unspecified atom stereocenters. The standard InChI is InChI=1S/C20H29N3O5S2/c1-5-14-21-19-13-12-18(30(26,27)23(6-2)7-3)15-20(19)22-29(24,25)17-10-8-16(28-4)9-11-17/h8-13,15,21-22H,5-7,14H2,1-4H3. The molecular weight excluding hydrogens is 426 g/mol. The van der Waals surface area contributed by atoms with Crippen molar-refractivity contribution in [3.63, 3.8) is 0 Å². The van der Waals surface area contributed by atoms with E-state index in [4.69, 9.17) is 4.74 Å². The summed E-state index contributed by atoms with van der Waals surface area (Å²) in [6.45, 7) is 6.74. The minimum Gasteiger partial charge on any atom is -0.497 e. The van der Waals surface area contributed by atoms with E-state index in [1.807, 2.05) is 6.92 Å². The molecule has 0 amide bonds. The molecule has 0 bridgehead atoms. The van der Waals surface area contributed by atoms with Gasteiger partial charge >= 0.3 is 0 Å². The Hall–Kier alpha value is -2.30. The molecule has 0 saturated heterocycles. The molecule has 8 nitrogen and oxygen atoms in total. The molecule has 0 aromatic heterocycles. The van der Waals surface area contributed by atoms with Gasteiger partial charge in [0.15, 0.2) is 0 Å². The average Bonchev–Trinajstić information content (AvgIpc) is 2.73. The van der Waals surface area contributed by atoms with Gasteiger partial charge in [0, 0.05) is 19.6 Å². The first-order valence-electron chi connectivity index (χ1n) is 9.74. The Balaban J connectivity index is 2.49. The largest absolute Gasteiger partial charge is 0.497 e. The maximum atomic E-state index is 12.9. The minimum absolute atomic E-state index is 0.0284. The summed E-state index contributed by atoms with van der Waals surface area (Å²) in [4.78, 5) is 0.0717. The molecule has 30 heavy (non-hydrogen) atoms. The number of methoxy groups -OCH3 is 1. The van der Waals surface area contributed by atoms with Gasteiger partial charge < -0.3 is 10.1 Å². The molecule has 0 fully saturated rings. The van der Waals surface area contributed by atoms with Crippen LogP contribution in [-0.4, -0.2) is 47.9 Å². The molecule has 0 heterocycles. The van der Waals surface area contributed by atoms with Gasteiger partial charge in [-0.1, -0.05) is 20.8 Å². The van der Waals surface area contributed by atoms with Crippen molar-refractivity contribution in [1.29, 1.82) is 0 Å². The first kappa shape index (κ1) is 24.0. The zero-order valence-corrected chi connectivity index (χ0v) is 19.3. The van der Waals surface area contributed by atoms with Crippen molar-refractivity contribution >= 4 is 31.4 Å². The fourth-order valence-corrected chi connectivity index (χ4v) is 5.41. The maximum Gasteiger partial charge on any atom is 0.261 e. The molecule has 166 valence electrons. The molecular formula is C20H29N3O5S2. The summed E-state index contributed by atoms with van der Waals surface area (Å²) in [5.74, 6) is 0.534. The molecule has 2 aromatic carbocycles. The first-order valence-corrected chi connectivity index (χ1v) is 12.7. The number of nitrogens with zero attached hydrogens (tertiary/aromatic N) is 1. The third-order valence-corrected chi connectivity index (χ3v) is 7.94. The fourth-order valence-electron chi connectivity index (χ4n) is 2.85. The number of sulfonamides is 2. The van der Waals surface area contributed by atoms with Crippen LogP contribution in [0.2, 0.25) is 0 Å². The Morgan fingerprint density at radius 3 is 2.00 bits per heavy atom. The van der Waals surface area contributed by atoms with Crippen molar-refractivity contribution in [3.05, 3.63) is 42.5 Å². The Labute approximate surface area is 179 Å². The number of nitrogens with one attached hydrogen (secondary N) is 2. The van der Waals surface area contributed by atoms with Gasteiger partial charge in [0.2, 0.25) is 10.0 Å². The Bertz CT molecular complexity index is 1050. The van der Waals surface area contributed by atoms with Gasteiger partial charge in [0.1, 0.15) is 5.75 Å². The summed E-state index contributed by atoms with van der Waals surface area (Å²) in [5.41, 5.74) is 0.680. The molecule has 0 aliphatic carbocycles. The number of anilines is 2. The van der Waals surface area contributed by atoms with Crippen LogP contribution in [0.15, 0.2) is 52.3 Å². The van der Waals surface area contributed by atoms with Crippen molar-refractivity contribution in [2.24, 2.45) is 0 Å². The zero-order valence-electron chi connectivity index (χ0n) is 17.7. The van der Waals surface area contributed by atoms with E-state index in [1.165, 1.54) is 35.7 Å². The van der Waals surface area contributed by atoms with E-state index in [0.717, 1.165) is 6.42 Å². The van der Waals surface area contributed by atoms with Gasteiger partial charge in [0.25, 0.3) is 10.0 Å². The van der Waals surface area contributed by atoms with E-state index >= 15 is 0 Å². The van der Waals surface area contributed by atoms with Crippen LogP contribution in [0.4, 0.5) is 11.4 Å². The highest BCUT2D eigenvalue weighted by molar-refractivity contribution is 7.92. The minimum atomic E-state index is -3.93. The number of hydrogen-bond donors (Lipinski definition) is 2. The highest BCUT2D eigenvalue weighted by Gasteiger charge is 2.24. The molecule has 0 radical (unpaired) electrons. The maximum absolute atomic E-state index is 12.9. The fraction of sp³-hybridized carbons (Fsp3) is 0.400. The van der Waals surface area contributed by atoms with Gasteiger partial charge in [0.05, 0.1) is 28.3 Å². The van der Waals surface area contributed by atoms with Crippen molar-refractivity contribution in [2.45, 2.75) is 37.0 Å². The Kier molecular flexibility index (Phi) is 8.10. The number of rotatable bonds is 11. The third kappa shape index (κ3) is 5.44.